The molecule has 0 fully saturated rings. The van der Waals surface area contributed by atoms with Crippen molar-refractivity contribution < 1.29 is 27.0 Å². The van der Waals surface area contributed by atoms with Gasteiger partial charge in [-0.15, -0.1) is 0 Å². The lowest BCUT2D eigenvalue weighted by Gasteiger charge is -2.20. The zero-order valence-corrected chi connectivity index (χ0v) is 60.7. The first-order chi connectivity index (χ1) is 43.6. The fourth-order valence-corrected chi connectivity index (χ4v) is 19.2. The van der Waals surface area contributed by atoms with Crippen LogP contribution in [0.4, 0.5) is 0 Å². The van der Waals surface area contributed by atoms with Gasteiger partial charge < -0.3 is 13.3 Å². The standard InChI is InChI=1S/2C28H30NOSi.C27H28NOSi/c1-17-12-13-20-22-15-18(2)19(3)27(28(22)30-25(20)14-17)24-16-26(31(5,6)7)21-10-8-9-11-23(21)29(24)4;1-17-12-13-25-21(14-17)22-15-18(2)19(3)27(28(22)30-25)24-16-26(31(5,6)7)20-10-8-9-11-23(20)29(24)4;1-17-11-13-21-20(15-17)25(30(4,5)6)16-22(28(21)3)26-18(2)12-14-24-27(26)19-9-7-8-10-23(19)29-24/h2*8-16H,1-7H3;7-16H,1-6H3/q3*+1. The minimum Gasteiger partial charge on any atom is -0.456 e. The molecular weight excluding hydrogens is 1170 g/mol. The quantitative estimate of drug-likeness (QED) is 0.123. The second-order valence-corrected chi connectivity index (χ2v) is 44.5. The Morgan fingerprint density at radius 2 is 0.685 bits per heavy atom. The number of furan rings is 3. The number of benzene rings is 9. The molecule has 0 radical (unpaired) electrons. The van der Waals surface area contributed by atoms with Gasteiger partial charge >= 0.3 is 0 Å². The van der Waals surface area contributed by atoms with Crippen molar-refractivity contribution in [3.05, 3.63) is 214 Å². The summed E-state index contributed by atoms with van der Waals surface area (Å²) in [6.45, 7) is 39.5. The molecule has 15 aromatic rings. The van der Waals surface area contributed by atoms with Crippen LogP contribution in [0, 0.1) is 55.4 Å². The first-order valence-corrected chi connectivity index (χ1v) is 43.2. The predicted molar refractivity (Wildman–Crippen MR) is 400 cm³/mol. The van der Waals surface area contributed by atoms with E-state index in [9.17, 15) is 0 Å². The van der Waals surface area contributed by atoms with Gasteiger partial charge in [-0.3, -0.25) is 0 Å². The Balaban J connectivity index is 0.000000126. The van der Waals surface area contributed by atoms with Gasteiger partial charge in [-0.1, -0.05) is 143 Å². The predicted octanol–water partition coefficient (Wildman–Crippen LogP) is 19.8. The van der Waals surface area contributed by atoms with Crippen molar-refractivity contribution >= 4 is 138 Å². The SMILES string of the molecule is Cc1ccc2c(c1)c([Si](C)(C)C)cc(-c1c(C)ccc3oc4ccccc4c13)[n+]2C.Cc1ccc2c(c1)oc1c(-c3cc([Si](C)(C)C)c4ccccc4[n+]3C)c(C)c(C)cc12.Cc1ccc2oc3c(-c4cc([Si](C)(C)C)c5ccccc5[n+]4C)c(C)c(C)cc3c2c1. The van der Waals surface area contributed by atoms with Crippen LogP contribution in [0.1, 0.15) is 44.5 Å². The summed E-state index contributed by atoms with van der Waals surface area (Å²) in [5, 5.41) is 15.8. The van der Waals surface area contributed by atoms with Crippen LogP contribution >= 0.6 is 0 Å². The average molecular weight is 1260 g/mol. The van der Waals surface area contributed by atoms with E-state index in [0.29, 0.717) is 0 Å². The number of aromatic nitrogens is 3. The van der Waals surface area contributed by atoms with Gasteiger partial charge in [0.2, 0.25) is 33.6 Å². The number of fused-ring (bicyclic) bond motifs is 12. The van der Waals surface area contributed by atoms with Crippen LogP contribution in [-0.2, 0) is 21.1 Å². The molecule has 6 aromatic heterocycles. The van der Waals surface area contributed by atoms with E-state index >= 15 is 0 Å². The first-order valence-electron chi connectivity index (χ1n) is 32.7. The molecule has 0 aliphatic rings. The largest absolute Gasteiger partial charge is 0.456 e. The Morgan fingerprint density at radius 1 is 0.283 bits per heavy atom. The third-order valence-corrected chi connectivity index (χ3v) is 25.7. The van der Waals surface area contributed by atoms with Crippen molar-refractivity contribution in [3.63, 3.8) is 0 Å². The normalized spacial score (nSPS) is 12.3. The van der Waals surface area contributed by atoms with E-state index in [1.807, 2.05) is 6.07 Å². The van der Waals surface area contributed by atoms with E-state index in [2.05, 4.69) is 313 Å². The first kappa shape index (κ1) is 62.1. The second kappa shape index (κ2) is 22.8. The Bertz CT molecular complexity index is 5430. The molecule has 0 bridgehead atoms. The maximum absolute atomic E-state index is 6.55. The Kier molecular flexibility index (Phi) is 15.4. The van der Waals surface area contributed by atoms with E-state index < -0.39 is 24.2 Å². The van der Waals surface area contributed by atoms with Crippen molar-refractivity contribution in [1.82, 2.24) is 0 Å². The van der Waals surface area contributed by atoms with Crippen LogP contribution in [-0.4, -0.2) is 24.2 Å². The molecule has 0 amide bonds. The maximum atomic E-state index is 6.55. The fourth-order valence-electron chi connectivity index (χ4n) is 14.4. The summed E-state index contributed by atoms with van der Waals surface area (Å²) in [5.41, 5.74) is 27.4. The molecule has 0 saturated heterocycles. The summed E-state index contributed by atoms with van der Waals surface area (Å²) in [4.78, 5) is 0. The highest BCUT2D eigenvalue weighted by Gasteiger charge is 2.33. The average Bonchev–Trinajstić information content (AvgIpc) is 1.32. The zero-order chi connectivity index (χ0) is 65.4. The van der Waals surface area contributed by atoms with Gasteiger partial charge in [-0.25, -0.2) is 0 Å². The minimum atomic E-state index is -1.57. The molecule has 6 heterocycles. The smallest absolute Gasteiger partial charge is 0.216 e. The molecule has 0 saturated carbocycles. The number of pyridine rings is 3. The van der Waals surface area contributed by atoms with E-state index in [-0.39, 0.29) is 0 Å². The molecule has 0 unspecified atom stereocenters. The van der Waals surface area contributed by atoms with Crippen LogP contribution in [0.3, 0.4) is 0 Å². The number of nitrogens with zero attached hydrogens (tertiary/aromatic N) is 3. The summed E-state index contributed by atoms with van der Waals surface area (Å²) < 4.78 is 26.3. The van der Waals surface area contributed by atoms with Gasteiger partial charge in [0.25, 0.3) is 0 Å². The van der Waals surface area contributed by atoms with Gasteiger partial charge in [0.1, 0.15) is 54.6 Å². The molecule has 9 aromatic carbocycles. The molecule has 9 heteroatoms. The van der Waals surface area contributed by atoms with E-state index in [4.69, 9.17) is 13.3 Å². The lowest BCUT2D eigenvalue weighted by atomic mass is 9.95. The third-order valence-electron chi connectivity index (χ3n) is 19.7. The van der Waals surface area contributed by atoms with Gasteiger partial charge in [0, 0.05) is 84.9 Å². The fraction of sp³-hybridized carbons (Fsp3) is 0.241. The van der Waals surface area contributed by atoms with Gasteiger partial charge in [-0.2, -0.15) is 13.7 Å². The topological polar surface area (TPSA) is 51.1 Å². The van der Waals surface area contributed by atoms with Crippen molar-refractivity contribution in [1.29, 1.82) is 0 Å². The van der Waals surface area contributed by atoms with Crippen molar-refractivity contribution in [2.75, 3.05) is 0 Å². The van der Waals surface area contributed by atoms with Crippen LogP contribution in [0.25, 0.3) is 132 Å². The highest BCUT2D eigenvalue weighted by molar-refractivity contribution is 6.91. The molecule has 0 atom stereocenters. The molecular formula is C83H88N3O3Si3+3. The number of para-hydroxylation sites is 3. The summed E-state index contributed by atoms with van der Waals surface area (Å²) in [6.07, 6.45) is 0. The number of rotatable bonds is 6. The molecule has 92 heavy (non-hydrogen) atoms. The highest BCUT2D eigenvalue weighted by Crippen LogP contribution is 2.42. The summed E-state index contributed by atoms with van der Waals surface area (Å²) in [7, 11) is 1.87. The van der Waals surface area contributed by atoms with Crippen LogP contribution in [0.2, 0.25) is 58.9 Å². The number of hydrogen-bond donors (Lipinski definition) is 0. The zero-order valence-electron chi connectivity index (χ0n) is 57.7. The summed E-state index contributed by atoms with van der Waals surface area (Å²) in [6, 6.07) is 62.1. The van der Waals surface area contributed by atoms with E-state index in [0.717, 1.165) is 33.5 Å². The molecule has 6 nitrogen and oxygen atoms in total. The maximum Gasteiger partial charge on any atom is 0.216 e. The third kappa shape index (κ3) is 10.6. The summed E-state index contributed by atoms with van der Waals surface area (Å²) >= 11 is 0. The van der Waals surface area contributed by atoms with Crippen molar-refractivity contribution in [3.8, 4) is 33.8 Å². The van der Waals surface area contributed by atoms with Gasteiger partial charge in [0.05, 0.1) is 40.9 Å². The van der Waals surface area contributed by atoms with Crippen LogP contribution in [0.5, 0.6) is 0 Å². The second-order valence-electron chi connectivity index (χ2n) is 29.4. The Hall–Kier alpha value is -8.74. The molecule has 0 aliphatic heterocycles. The Morgan fingerprint density at radius 3 is 1.23 bits per heavy atom. The molecule has 15 rings (SSSR count). The van der Waals surface area contributed by atoms with E-state index in [1.54, 1.807) is 0 Å². The van der Waals surface area contributed by atoms with Crippen molar-refractivity contribution in [2.45, 2.75) is 114 Å². The highest BCUT2D eigenvalue weighted by atomic mass is 28.3. The van der Waals surface area contributed by atoms with E-state index in [1.165, 1.54) is 159 Å². The lowest BCUT2D eigenvalue weighted by molar-refractivity contribution is -0.633. The summed E-state index contributed by atoms with van der Waals surface area (Å²) in [5.74, 6) is 0. The lowest BCUT2D eigenvalue weighted by Crippen LogP contribution is -2.43. The number of hydrogen-bond acceptors (Lipinski definition) is 3. The van der Waals surface area contributed by atoms with Gasteiger partial charge in [-0.05, 0) is 165 Å². The molecule has 0 N–H and O–H groups in total. The molecule has 0 aliphatic carbocycles. The van der Waals surface area contributed by atoms with Crippen molar-refractivity contribution in [2.24, 2.45) is 21.1 Å². The van der Waals surface area contributed by atoms with Crippen LogP contribution < -0.4 is 29.3 Å². The van der Waals surface area contributed by atoms with Gasteiger partial charge in [0.15, 0.2) is 0 Å². The monoisotopic (exact) mass is 1260 g/mol. The number of aryl methyl sites for hydroxylation is 9. The van der Waals surface area contributed by atoms with Crippen LogP contribution in [0.15, 0.2) is 183 Å². The Labute approximate surface area is 545 Å². The minimum absolute atomic E-state index is 0.948. The molecule has 0 spiro atoms. The molecule has 462 valence electrons.